The van der Waals surface area contributed by atoms with Crippen molar-refractivity contribution in [1.29, 1.82) is 0 Å². The highest BCUT2D eigenvalue weighted by Crippen LogP contribution is 2.30. The summed E-state index contributed by atoms with van der Waals surface area (Å²) < 4.78 is 39.7. The summed E-state index contributed by atoms with van der Waals surface area (Å²) in [6.07, 6.45) is 5.13. The van der Waals surface area contributed by atoms with Gasteiger partial charge in [-0.25, -0.2) is 13.4 Å². The summed E-state index contributed by atoms with van der Waals surface area (Å²) in [4.78, 5) is 4.22. The van der Waals surface area contributed by atoms with Gasteiger partial charge in [0.1, 0.15) is 0 Å². The van der Waals surface area contributed by atoms with E-state index in [-0.39, 0.29) is 4.90 Å². The third kappa shape index (κ3) is 2.80. The Morgan fingerprint density at radius 1 is 1.09 bits per heavy atom. The first-order valence-corrected chi connectivity index (χ1v) is 8.20. The average molecular weight is 333 g/mol. The number of nitrogens with zero attached hydrogens (tertiary/aromatic N) is 2. The Morgan fingerprint density at radius 3 is 2.61 bits per heavy atom. The SMILES string of the molecule is COc1ccc(S(=O)(=O)Nc2cccn3ccnc23)cc1OC. The summed E-state index contributed by atoms with van der Waals surface area (Å²) in [5, 5.41) is 0. The molecule has 0 saturated heterocycles. The smallest absolute Gasteiger partial charge is 0.262 e. The van der Waals surface area contributed by atoms with Gasteiger partial charge in [-0.1, -0.05) is 0 Å². The molecule has 1 N–H and O–H groups in total. The van der Waals surface area contributed by atoms with Gasteiger partial charge < -0.3 is 13.9 Å². The molecule has 7 nitrogen and oxygen atoms in total. The molecule has 3 aromatic rings. The number of nitrogens with one attached hydrogen (secondary N) is 1. The minimum absolute atomic E-state index is 0.0729. The van der Waals surface area contributed by atoms with Crippen LogP contribution >= 0.6 is 0 Å². The molecule has 0 bridgehead atoms. The zero-order chi connectivity index (χ0) is 16.4. The highest BCUT2D eigenvalue weighted by molar-refractivity contribution is 7.92. The number of benzene rings is 1. The van der Waals surface area contributed by atoms with E-state index in [0.717, 1.165) is 0 Å². The molecule has 0 saturated carbocycles. The second-order valence-electron chi connectivity index (χ2n) is 4.70. The minimum Gasteiger partial charge on any atom is -0.493 e. The second-order valence-corrected chi connectivity index (χ2v) is 6.38. The Bertz CT molecular complexity index is 950. The molecule has 23 heavy (non-hydrogen) atoms. The van der Waals surface area contributed by atoms with Crippen LogP contribution in [-0.4, -0.2) is 32.0 Å². The number of pyridine rings is 1. The van der Waals surface area contributed by atoms with E-state index in [9.17, 15) is 8.42 Å². The molecule has 0 aliphatic carbocycles. The maximum absolute atomic E-state index is 12.6. The largest absolute Gasteiger partial charge is 0.493 e. The van der Waals surface area contributed by atoms with Crippen LogP contribution in [0.25, 0.3) is 5.65 Å². The lowest BCUT2D eigenvalue weighted by Crippen LogP contribution is -2.14. The molecule has 120 valence electrons. The van der Waals surface area contributed by atoms with E-state index in [0.29, 0.717) is 22.8 Å². The molecule has 0 aliphatic heterocycles. The van der Waals surface area contributed by atoms with Gasteiger partial charge in [-0.05, 0) is 24.3 Å². The first-order chi connectivity index (χ1) is 11.0. The maximum Gasteiger partial charge on any atom is 0.262 e. The third-order valence-corrected chi connectivity index (χ3v) is 4.69. The summed E-state index contributed by atoms with van der Waals surface area (Å²) in [5.41, 5.74) is 0.920. The van der Waals surface area contributed by atoms with Crippen LogP contribution < -0.4 is 14.2 Å². The molecule has 0 spiro atoms. The quantitative estimate of drug-likeness (QED) is 0.774. The van der Waals surface area contributed by atoms with Crippen molar-refractivity contribution in [3.05, 3.63) is 48.9 Å². The molecular formula is C15H15N3O4S. The molecule has 8 heteroatoms. The zero-order valence-electron chi connectivity index (χ0n) is 12.6. The molecule has 1 aromatic carbocycles. The fraction of sp³-hybridized carbons (Fsp3) is 0.133. The fourth-order valence-corrected chi connectivity index (χ4v) is 3.29. The van der Waals surface area contributed by atoms with Crippen LogP contribution in [0, 0.1) is 0 Å². The van der Waals surface area contributed by atoms with Crippen LogP contribution in [0.2, 0.25) is 0 Å². The van der Waals surface area contributed by atoms with E-state index in [2.05, 4.69) is 9.71 Å². The van der Waals surface area contributed by atoms with E-state index in [1.165, 1.54) is 26.4 Å². The number of hydrogen-bond donors (Lipinski definition) is 1. The van der Waals surface area contributed by atoms with Crippen molar-refractivity contribution in [2.45, 2.75) is 4.90 Å². The van der Waals surface area contributed by atoms with Crippen LogP contribution in [0.3, 0.4) is 0 Å². The summed E-state index contributed by atoms with van der Waals surface area (Å²) in [6.45, 7) is 0. The number of anilines is 1. The van der Waals surface area contributed by atoms with E-state index >= 15 is 0 Å². The van der Waals surface area contributed by atoms with Crippen molar-refractivity contribution in [2.75, 3.05) is 18.9 Å². The van der Waals surface area contributed by atoms with Crippen LogP contribution in [-0.2, 0) is 10.0 Å². The van der Waals surface area contributed by atoms with E-state index in [1.54, 1.807) is 41.2 Å². The van der Waals surface area contributed by atoms with Crippen molar-refractivity contribution in [1.82, 2.24) is 9.38 Å². The summed E-state index contributed by atoms with van der Waals surface area (Å²) in [6, 6.07) is 7.80. The summed E-state index contributed by atoms with van der Waals surface area (Å²) in [7, 11) is -0.838. The Hall–Kier alpha value is -2.74. The molecular weight excluding hydrogens is 318 g/mol. The summed E-state index contributed by atoms with van der Waals surface area (Å²) >= 11 is 0. The third-order valence-electron chi connectivity index (χ3n) is 3.33. The Morgan fingerprint density at radius 2 is 1.87 bits per heavy atom. The topological polar surface area (TPSA) is 81.9 Å². The molecule has 0 amide bonds. The van der Waals surface area contributed by atoms with Crippen LogP contribution in [0.5, 0.6) is 11.5 Å². The normalized spacial score (nSPS) is 11.4. The van der Waals surface area contributed by atoms with Gasteiger partial charge >= 0.3 is 0 Å². The predicted molar refractivity (Wildman–Crippen MR) is 85.5 cm³/mol. The van der Waals surface area contributed by atoms with Gasteiger partial charge in [0.25, 0.3) is 10.0 Å². The van der Waals surface area contributed by atoms with E-state index in [4.69, 9.17) is 9.47 Å². The first-order valence-electron chi connectivity index (χ1n) is 6.71. The van der Waals surface area contributed by atoms with E-state index < -0.39 is 10.0 Å². The Kier molecular flexibility index (Phi) is 3.83. The lowest BCUT2D eigenvalue weighted by molar-refractivity contribution is 0.354. The van der Waals surface area contributed by atoms with E-state index in [1.807, 2.05) is 0 Å². The maximum atomic E-state index is 12.6. The second kappa shape index (κ2) is 5.81. The fourth-order valence-electron chi connectivity index (χ4n) is 2.22. The van der Waals surface area contributed by atoms with Gasteiger partial charge in [0, 0.05) is 24.7 Å². The highest BCUT2D eigenvalue weighted by Gasteiger charge is 2.18. The average Bonchev–Trinajstić information content (AvgIpc) is 3.03. The molecule has 0 aliphatic rings. The highest BCUT2D eigenvalue weighted by atomic mass is 32.2. The molecule has 2 heterocycles. The molecule has 0 atom stereocenters. The number of hydrogen-bond acceptors (Lipinski definition) is 5. The van der Waals surface area contributed by atoms with Gasteiger partial charge in [0.15, 0.2) is 17.1 Å². The van der Waals surface area contributed by atoms with Gasteiger partial charge in [-0.15, -0.1) is 0 Å². The Labute approximate surface area is 133 Å². The van der Waals surface area contributed by atoms with Gasteiger partial charge in [0.05, 0.1) is 24.8 Å². The van der Waals surface area contributed by atoms with Gasteiger partial charge in [-0.2, -0.15) is 0 Å². The number of sulfonamides is 1. The van der Waals surface area contributed by atoms with Crippen LogP contribution in [0.4, 0.5) is 5.69 Å². The number of aromatic nitrogens is 2. The first kappa shape index (κ1) is 15.2. The standard InChI is InChI=1S/C15H15N3O4S/c1-21-13-6-5-11(10-14(13)22-2)23(19,20)17-12-4-3-8-18-9-7-16-15(12)18/h3-10,17H,1-2H3. The van der Waals surface area contributed by atoms with Crippen molar-refractivity contribution in [3.8, 4) is 11.5 Å². The molecule has 3 rings (SSSR count). The number of rotatable bonds is 5. The Balaban J connectivity index is 2.00. The van der Waals surface area contributed by atoms with Gasteiger partial charge in [-0.3, -0.25) is 4.72 Å². The number of fused-ring (bicyclic) bond motifs is 1. The van der Waals surface area contributed by atoms with Crippen molar-refractivity contribution in [3.63, 3.8) is 0 Å². The predicted octanol–water partition coefficient (Wildman–Crippen LogP) is 2.15. The van der Waals surface area contributed by atoms with Crippen molar-refractivity contribution in [2.24, 2.45) is 0 Å². The number of imidazole rings is 1. The number of ether oxygens (including phenoxy) is 2. The van der Waals surface area contributed by atoms with Crippen molar-refractivity contribution >= 4 is 21.4 Å². The summed E-state index contributed by atoms with van der Waals surface area (Å²) in [5.74, 6) is 0.802. The van der Waals surface area contributed by atoms with Crippen LogP contribution in [0.1, 0.15) is 0 Å². The monoisotopic (exact) mass is 333 g/mol. The zero-order valence-corrected chi connectivity index (χ0v) is 13.4. The lowest BCUT2D eigenvalue weighted by Gasteiger charge is -2.12. The minimum atomic E-state index is -3.78. The van der Waals surface area contributed by atoms with Gasteiger partial charge in [0.2, 0.25) is 0 Å². The molecule has 0 fully saturated rings. The molecule has 0 unspecified atom stereocenters. The molecule has 2 aromatic heterocycles. The number of methoxy groups -OCH3 is 2. The molecule has 0 radical (unpaired) electrons. The van der Waals surface area contributed by atoms with Crippen LogP contribution in [0.15, 0.2) is 53.8 Å². The lowest BCUT2D eigenvalue weighted by atomic mass is 10.3. The van der Waals surface area contributed by atoms with Crippen molar-refractivity contribution < 1.29 is 17.9 Å².